The van der Waals surface area contributed by atoms with Crippen molar-refractivity contribution in [1.29, 1.82) is 0 Å². The lowest BCUT2D eigenvalue weighted by Gasteiger charge is -2.09. The van der Waals surface area contributed by atoms with Crippen LogP contribution in [-0.2, 0) is 0 Å². The zero-order valence-electron chi connectivity index (χ0n) is 10.6. The van der Waals surface area contributed by atoms with Gasteiger partial charge in [0.05, 0.1) is 10.5 Å². The van der Waals surface area contributed by atoms with E-state index in [1.165, 1.54) is 18.2 Å². The molecule has 0 radical (unpaired) electrons. The van der Waals surface area contributed by atoms with Crippen LogP contribution in [0.2, 0.25) is 0 Å². The molecule has 0 spiro atoms. The normalized spacial score (nSPS) is 20.9. The van der Waals surface area contributed by atoms with Crippen molar-refractivity contribution in [1.82, 2.24) is 0 Å². The van der Waals surface area contributed by atoms with Crippen molar-refractivity contribution < 1.29 is 14.8 Å². The molecule has 1 aromatic rings. The minimum atomic E-state index is -1.15. The third-order valence-electron chi connectivity index (χ3n) is 3.38. The first kappa shape index (κ1) is 13.3. The van der Waals surface area contributed by atoms with Gasteiger partial charge in [-0.3, -0.25) is 10.1 Å². The molecule has 19 heavy (non-hydrogen) atoms. The fraction of sp³-hybridized carbons (Fsp3) is 0.462. The van der Waals surface area contributed by atoms with Crippen molar-refractivity contribution in [3.8, 4) is 0 Å². The second-order valence-corrected chi connectivity index (χ2v) is 4.80. The van der Waals surface area contributed by atoms with E-state index in [9.17, 15) is 14.9 Å². The predicted molar refractivity (Wildman–Crippen MR) is 70.5 cm³/mol. The van der Waals surface area contributed by atoms with Crippen molar-refractivity contribution in [3.05, 3.63) is 33.9 Å². The molecule has 2 N–H and O–H groups in total. The molecule has 0 amide bonds. The number of rotatable bonds is 6. The Morgan fingerprint density at radius 1 is 1.58 bits per heavy atom. The molecule has 2 rings (SSSR count). The summed E-state index contributed by atoms with van der Waals surface area (Å²) in [6.45, 7) is 2.09. The molecule has 6 nitrogen and oxygen atoms in total. The molecule has 0 bridgehead atoms. The Balaban J connectivity index is 2.26. The van der Waals surface area contributed by atoms with Gasteiger partial charge in [0.25, 0.3) is 5.69 Å². The Morgan fingerprint density at radius 3 is 2.89 bits per heavy atom. The number of nitro benzene ring substituents is 1. The molecule has 6 heteroatoms. The molecule has 102 valence electrons. The Kier molecular flexibility index (Phi) is 3.69. The summed E-state index contributed by atoms with van der Waals surface area (Å²) >= 11 is 0. The summed E-state index contributed by atoms with van der Waals surface area (Å²) in [5, 5.41) is 23.1. The van der Waals surface area contributed by atoms with Gasteiger partial charge in [-0.1, -0.05) is 19.4 Å². The van der Waals surface area contributed by atoms with Crippen LogP contribution in [0.15, 0.2) is 18.2 Å². The van der Waals surface area contributed by atoms with Gasteiger partial charge in [-0.25, -0.2) is 4.79 Å². The number of para-hydroxylation sites is 1. The summed E-state index contributed by atoms with van der Waals surface area (Å²) in [4.78, 5) is 21.6. The van der Waals surface area contributed by atoms with Crippen molar-refractivity contribution >= 4 is 17.3 Å². The molecule has 1 aliphatic carbocycles. The van der Waals surface area contributed by atoms with Crippen LogP contribution in [0, 0.1) is 16.0 Å². The first-order valence-corrected chi connectivity index (χ1v) is 6.31. The molecule has 0 aromatic heterocycles. The zero-order chi connectivity index (χ0) is 14.0. The number of benzene rings is 1. The molecule has 0 aliphatic heterocycles. The van der Waals surface area contributed by atoms with Gasteiger partial charge in [-0.05, 0) is 24.8 Å². The predicted octanol–water partition coefficient (Wildman–Crippen LogP) is 2.89. The van der Waals surface area contributed by atoms with Crippen LogP contribution < -0.4 is 5.32 Å². The quantitative estimate of drug-likeness (QED) is 0.608. The van der Waals surface area contributed by atoms with Crippen LogP contribution in [0.5, 0.6) is 0 Å². The van der Waals surface area contributed by atoms with E-state index in [0.717, 1.165) is 19.3 Å². The summed E-state index contributed by atoms with van der Waals surface area (Å²) < 4.78 is 0. The highest BCUT2D eigenvalue weighted by Gasteiger charge is 2.38. The van der Waals surface area contributed by atoms with Crippen molar-refractivity contribution in [2.45, 2.75) is 32.2 Å². The molecule has 1 aliphatic rings. The minimum absolute atomic E-state index is 0.0450. The number of aromatic carboxylic acids is 1. The molecule has 0 heterocycles. The monoisotopic (exact) mass is 264 g/mol. The molecule has 2 unspecified atom stereocenters. The molecule has 0 saturated heterocycles. The maximum atomic E-state index is 11.1. The first-order chi connectivity index (χ1) is 9.04. The minimum Gasteiger partial charge on any atom is -0.478 e. The molecule has 1 saturated carbocycles. The number of carboxylic acids is 1. The number of carboxylic acid groups (broad SMARTS) is 1. The highest BCUT2D eigenvalue weighted by molar-refractivity contribution is 5.97. The lowest BCUT2D eigenvalue weighted by molar-refractivity contribution is -0.384. The Bertz CT molecular complexity index is 483. The average molecular weight is 264 g/mol. The summed E-state index contributed by atoms with van der Waals surface area (Å²) in [5.74, 6) is -0.662. The maximum absolute atomic E-state index is 11.1. The molecule has 1 fully saturated rings. The summed E-state index contributed by atoms with van der Waals surface area (Å²) in [6.07, 6.45) is 3.06. The van der Waals surface area contributed by atoms with Gasteiger partial charge < -0.3 is 10.4 Å². The number of nitrogens with zero attached hydrogens (tertiary/aromatic N) is 1. The average Bonchev–Trinajstić information content (AvgIpc) is 3.07. The van der Waals surface area contributed by atoms with E-state index < -0.39 is 10.9 Å². The topological polar surface area (TPSA) is 92.5 Å². The second-order valence-electron chi connectivity index (χ2n) is 4.80. The number of hydrogen-bond donors (Lipinski definition) is 2. The lowest BCUT2D eigenvalue weighted by Crippen LogP contribution is -2.12. The van der Waals surface area contributed by atoms with Gasteiger partial charge in [0, 0.05) is 12.1 Å². The van der Waals surface area contributed by atoms with E-state index in [-0.39, 0.29) is 23.0 Å². The summed E-state index contributed by atoms with van der Waals surface area (Å²) in [6, 6.07) is 4.25. The van der Waals surface area contributed by atoms with Gasteiger partial charge in [-0.2, -0.15) is 0 Å². The lowest BCUT2D eigenvalue weighted by atomic mass is 10.1. The highest BCUT2D eigenvalue weighted by atomic mass is 16.6. The third kappa shape index (κ3) is 2.83. The number of nitrogens with one attached hydrogen (secondary N) is 1. The van der Waals surface area contributed by atoms with E-state index in [1.54, 1.807) is 0 Å². The van der Waals surface area contributed by atoms with Crippen molar-refractivity contribution in [2.75, 3.05) is 5.32 Å². The number of nitro groups is 1. The fourth-order valence-corrected chi connectivity index (χ4v) is 2.32. The largest absolute Gasteiger partial charge is 0.478 e. The van der Waals surface area contributed by atoms with Gasteiger partial charge in [0.15, 0.2) is 0 Å². The van der Waals surface area contributed by atoms with Crippen LogP contribution in [0.3, 0.4) is 0 Å². The summed E-state index contributed by atoms with van der Waals surface area (Å²) in [5.41, 5.74) is -0.0954. The molecule has 1 aromatic carbocycles. The third-order valence-corrected chi connectivity index (χ3v) is 3.38. The standard InChI is InChI=1S/C13H16N2O4/c1-2-4-8-7-10(8)14-12-9(13(16)17)5-3-6-11(12)15(18)19/h3,5-6,8,10,14H,2,4,7H2,1H3,(H,16,17). The van der Waals surface area contributed by atoms with E-state index in [2.05, 4.69) is 12.2 Å². The van der Waals surface area contributed by atoms with Gasteiger partial charge >= 0.3 is 5.97 Å². The van der Waals surface area contributed by atoms with Gasteiger partial charge in [0.1, 0.15) is 5.69 Å². The zero-order valence-corrected chi connectivity index (χ0v) is 10.6. The SMILES string of the molecule is CCCC1CC1Nc1c(C(=O)O)cccc1[N+](=O)[O-]. The number of hydrogen-bond acceptors (Lipinski definition) is 4. The van der Waals surface area contributed by atoms with Crippen LogP contribution in [0.25, 0.3) is 0 Å². The number of carbonyl (C=O) groups is 1. The molecular formula is C13H16N2O4. The Hall–Kier alpha value is -2.11. The van der Waals surface area contributed by atoms with Crippen molar-refractivity contribution in [3.63, 3.8) is 0 Å². The van der Waals surface area contributed by atoms with E-state index in [0.29, 0.717) is 5.92 Å². The van der Waals surface area contributed by atoms with E-state index >= 15 is 0 Å². The Morgan fingerprint density at radius 2 is 2.32 bits per heavy atom. The highest BCUT2D eigenvalue weighted by Crippen LogP contribution is 2.40. The summed E-state index contributed by atoms with van der Waals surface area (Å²) in [7, 11) is 0. The van der Waals surface area contributed by atoms with Crippen LogP contribution in [-0.4, -0.2) is 22.0 Å². The number of anilines is 1. The fourth-order valence-electron chi connectivity index (χ4n) is 2.32. The van der Waals surface area contributed by atoms with Gasteiger partial charge in [0.2, 0.25) is 0 Å². The van der Waals surface area contributed by atoms with E-state index in [1.807, 2.05) is 0 Å². The second kappa shape index (κ2) is 5.26. The van der Waals surface area contributed by atoms with Crippen molar-refractivity contribution in [2.24, 2.45) is 5.92 Å². The maximum Gasteiger partial charge on any atom is 0.338 e. The first-order valence-electron chi connectivity index (χ1n) is 6.31. The van der Waals surface area contributed by atoms with Gasteiger partial charge in [-0.15, -0.1) is 0 Å². The Labute approximate surface area is 110 Å². The van der Waals surface area contributed by atoms with E-state index in [4.69, 9.17) is 5.11 Å². The van der Waals surface area contributed by atoms with Crippen LogP contribution in [0.4, 0.5) is 11.4 Å². The smallest absolute Gasteiger partial charge is 0.338 e. The van der Waals surface area contributed by atoms with Crippen LogP contribution in [0.1, 0.15) is 36.5 Å². The van der Waals surface area contributed by atoms with Crippen LogP contribution >= 0.6 is 0 Å². The molecule has 2 atom stereocenters. The molecular weight excluding hydrogens is 248 g/mol.